The second kappa shape index (κ2) is 11.9. The Morgan fingerprint density at radius 2 is 2.00 bits per heavy atom. The normalized spacial score (nSPS) is 13.6. The van der Waals surface area contributed by atoms with Crippen LogP contribution in [0.15, 0.2) is 18.2 Å². The molecule has 0 unspecified atom stereocenters. The van der Waals surface area contributed by atoms with Crippen molar-refractivity contribution in [1.82, 2.24) is 44.7 Å². The fourth-order valence-electron chi connectivity index (χ4n) is 5.01. The van der Waals surface area contributed by atoms with Gasteiger partial charge in [0.15, 0.2) is 17.0 Å². The molecule has 1 aliphatic carbocycles. The van der Waals surface area contributed by atoms with Gasteiger partial charge >= 0.3 is 0 Å². The highest BCUT2D eigenvalue weighted by atomic mass is 16.5. The number of aromatic nitrogens is 7. The molecule has 0 aliphatic heterocycles. The Labute approximate surface area is 232 Å². The summed E-state index contributed by atoms with van der Waals surface area (Å²) in [5, 5.41) is 11.5. The number of hydrogen-bond donors (Lipinski definition) is 2. The molecule has 1 fully saturated rings. The number of nitrogens with zero attached hydrogens (tertiary/aromatic N) is 8. The number of fused-ring (bicyclic) bond motifs is 2. The minimum absolute atomic E-state index is 0.0820. The summed E-state index contributed by atoms with van der Waals surface area (Å²) >= 11 is 0. The van der Waals surface area contributed by atoms with Crippen LogP contribution < -0.4 is 11.1 Å². The van der Waals surface area contributed by atoms with Gasteiger partial charge in [-0.05, 0) is 50.8 Å². The summed E-state index contributed by atoms with van der Waals surface area (Å²) in [6.07, 6.45) is 3.50. The van der Waals surface area contributed by atoms with Crippen molar-refractivity contribution in [2.24, 2.45) is 0 Å². The van der Waals surface area contributed by atoms with E-state index in [1.807, 2.05) is 40.1 Å². The first-order valence-electron chi connectivity index (χ1n) is 13.7. The Hall–Kier alpha value is -4.13. The van der Waals surface area contributed by atoms with E-state index < -0.39 is 0 Å². The molecule has 1 saturated carbocycles. The number of aryl methyl sites for hydroxylation is 2. The largest absolute Gasteiger partial charge is 0.382 e. The molecule has 0 radical (unpaired) electrons. The number of carbonyl (C=O) groups is 2. The summed E-state index contributed by atoms with van der Waals surface area (Å²) in [4.78, 5) is 39.3. The molecule has 13 nitrogen and oxygen atoms in total. The lowest BCUT2D eigenvalue weighted by molar-refractivity contribution is -0.136. The molecule has 1 aliphatic rings. The summed E-state index contributed by atoms with van der Waals surface area (Å²) in [7, 11) is 0. The highest BCUT2D eigenvalue weighted by Gasteiger charge is 2.28. The lowest BCUT2D eigenvalue weighted by Gasteiger charge is -2.37. The molecule has 5 rings (SSSR count). The maximum absolute atomic E-state index is 13.0. The van der Waals surface area contributed by atoms with E-state index >= 15 is 0 Å². The third kappa shape index (κ3) is 6.03. The van der Waals surface area contributed by atoms with E-state index in [4.69, 9.17) is 10.5 Å². The first-order valence-corrected chi connectivity index (χ1v) is 13.7. The van der Waals surface area contributed by atoms with Crippen molar-refractivity contribution in [1.29, 1.82) is 0 Å². The van der Waals surface area contributed by atoms with E-state index in [1.165, 1.54) is 6.92 Å². The molecule has 3 heterocycles. The Morgan fingerprint density at radius 1 is 1.18 bits per heavy atom. The quantitative estimate of drug-likeness (QED) is 0.251. The average Bonchev–Trinajstić information content (AvgIpc) is 3.42. The fourth-order valence-corrected chi connectivity index (χ4v) is 5.01. The van der Waals surface area contributed by atoms with Gasteiger partial charge in [-0.15, -0.1) is 5.10 Å². The Morgan fingerprint density at radius 3 is 2.75 bits per heavy atom. The van der Waals surface area contributed by atoms with Crippen LogP contribution in [0, 0.1) is 13.8 Å². The van der Waals surface area contributed by atoms with Gasteiger partial charge in [-0.3, -0.25) is 9.59 Å². The van der Waals surface area contributed by atoms with Crippen molar-refractivity contribution in [2.75, 3.05) is 32.0 Å². The first-order chi connectivity index (χ1) is 19.3. The molecular formula is C27H36N10O3. The highest BCUT2D eigenvalue weighted by molar-refractivity contribution is 5.82. The monoisotopic (exact) mass is 548 g/mol. The molecule has 212 valence electrons. The number of benzene rings is 1. The number of rotatable bonds is 12. The van der Waals surface area contributed by atoms with Gasteiger partial charge in [-0.1, -0.05) is 11.3 Å². The SMILES string of the molecule is CC(=O)NCCOCCC(=O)N(CCn1nnc2cc(Cn3c(C)nc4c(N)nc(C)nc43)ccc21)C1CCC1. The van der Waals surface area contributed by atoms with Gasteiger partial charge in [-0.25, -0.2) is 19.6 Å². The molecular weight excluding hydrogens is 512 g/mol. The van der Waals surface area contributed by atoms with E-state index in [2.05, 4.69) is 36.6 Å². The van der Waals surface area contributed by atoms with Crippen LogP contribution in [-0.2, 0) is 27.4 Å². The first kappa shape index (κ1) is 27.4. The number of imidazole rings is 1. The van der Waals surface area contributed by atoms with Crippen molar-refractivity contribution >= 4 is 39.8 Å². The number of carbonyl (C=O) groups excluding carboxylic acids is 2. The zero-order chi connectivity index (χ0) is 28.2. The lowest BCUT2D eigenvalue weighted by Crippen LogP contribution is -2.46. The number of nitrogens with two attached hydrogens (primary N) is 1. The Balaban J connectivity index is 1.22. The van der Waals surface area contributed by atoms with Gasteiger partial charge in [0.2, 0.25) is 11.8 Å². The van der Waals surface area contributed by atoms with Gasteiger partial charge in [0.05, 0.1) is 38.2 Å². The summed E-state index contributed by atoms with van der Waals surface area (Å²) in [6.45, 7) is 8.07. The van der Waals surface area contributed by atoms with Crippen molar-refractivity contribution in [3.63, 3.8) is 0 Å². The highest BCUT2D eigenvalue weighted by Crippen LogP contribution is 2.26. The van der Waals surface area contributed by atoms with E-state index in [0.29, 0.717) is 68.6 Å². The minimum atomic E-state index is -0.0923. The number of ether oxygens (including phenoxy) is 1. The number of hydrogen-bond acceptors (Lipinski definition) is 9. The number of amides is 2. The molecule has 40 heavy (non-hydrogen) atoms. The van der Waals surface area contributed by atoms with Crippen LogP contribution in [0.3, 0.4) is 0 Å². The zero-order valence-electron chi connectivity index (χ0n) is 23.3. The summed E-state index contributed by atoms with van der Waals surface area (Å²) in [5.41, 5.74) is 10.1. The summed E-state index contributed by atoms with van der Waals surface area (Å²) in [6, 6.07) is 6.36. The topological polar surface area (TPSA) is 159 Å². The van der Waals surface area contributed by atoms with Gasteiger partial charge in [0.1, 0.15) is 17.2 Å². The molecule has 2 amide bonds. The van der Waals surface area contributed by atoms with Crippen LogP contribution in [0.1, 0.15) is 49.8 Å². The molecule has 1 aromatic carbocycles. The van der Waals surface area contributed by atoms with E-state index in [0.717, 1.165) is 41.7 Å². The third-order valence-electron chi connectivity index (χ3n) is 7.31. The van der Waals surface area contributed by atoms with Crippen molar-refractivity contribution < 1.29 is 14.3 Å². The molecule has 13 heteroatoms. The minimum Gasteiger partial charge on any atom is -0.382 e. The Bertz CT molecular complexity index is 1520. The number of anilines is 1. The predicted molar refractivity (Wildman–Crippen MR) is 149 cm³/mol. The maximum Gasteiger partial charge on any atom is 0.225 e. The maximum atomic E-state index is 13.0. The summed E-state index contributed by atoms with van der Waals surface area (Å²) in [5.74, 6) is 1.79. The third-order valence-corrected chi connectivity index (χ3v) is 7.31. The van der Waals surface area contributed by atoms with Crippen LogP contribution in [-0.4, -0.2) is 83.6 Å². The van der Waals surface area contributed by atoms with E-state index in [9.17, 15) is 9.59 Å². The van der Waals surface area contributed by atoms with Gasteiger partial charge < -0.3 is 25.3 Å². The smallest absolute Gasteiger partial charge is 0.225 e. The summed E-state index contributed by atoms with van der Waals surface area (Å²) < 4.78 is 9.41. The second-order valence-electron chi connectivity index (χ2n) is 10.2. The molecule has 0 spiro atoms. The van der Waals surface area contributed by atoms with E-state index in [1.54, 1.807) is 0 Å². The van der Waals surface area contributed by atoms with Gasteiger partial charge in [0.25, 0.3) is 0 Å². The van der Waals surface area contributed by atoms with Gasteiger partial charge in [-0.2, -0.15) is 0 Å². The zero-order valence-corrected chi connectivity index (χ0v) is 23.3. The van der Waals surface area contributed by atoms with Crippen LogP contribution >= 0.6 is 0 Å². The molecule has 0 atom stereocenters. The van der Waals surface area contributed by atoms with Crippen LogP contribution in [0.2, 0.25) is 0 Å². The van der Waals surface area contributed by atoms with E-state index in [-0.39, 0.29) is 17.9 Å². The fraction of sp³-hybridized carbons (Fsp3) is 0.519. The average molecular weight is 549 g/mol. The molecule has 0 saturated heterocycles. The lowest BCUT2D eigenvalue weighted by atomic mass is 9.91. The Kier molecular flexibility index (Phi) is 8.19. The van der Waals surface area contributed by atoms with Crippen LogP contribution in [0.25, 0.3) is 22.2 Å². The predicted octanol–water partition coefficient (Wildman–Crippen LogP) is 1.74. The molecule has 0 bridgehead atoms. The standard InChI is InChI=1S/C27H36N10O3/c1-17-30-26(28)25-27(31-17)36(18(2)32-25)16-20-7-8-23-22(15-20)33-34-37(23)12-11-35(21-5-4-6-21)24(39)9-13-40-14-10-29-19(3)38/h7-8,15,21H,4-6,9-14,16H2,1-3H3,(H,29,38)(H2,28,30,31). The number of nitrogen functional groups attached to an aromatic ring is 1. The van der Waals surface area contributed by atoms with Gasteiger partial charge in [0, 0.05) is 26.1 Å². The second-order valence-corrected chi connectivity index (χ2v) is 10.2. The molecule has 4 aromatic rings. The molecule has 3 aromatic heterocycles. The van der Waals surface area contributed by atoms with Crippen molar-refractivity contribution in [2.45, 2.75) is 65.6 Å². The van der Waals surface area contributed by atoms with Crippen molar-refractivity contribution in [3.05, 3.63) is 35.4 Å². The molecule has 3 N–H and O–H groups in total. The van der Waals surface area contributed by atoms with Crippen molar-refractivity contribution in [3.8, 4) is 0 Å². The number of nitrogens with one attached hydrogen (secondary N) is 1. The van der Waals surface area contributed by atoms with Crippen LogP contribution in [0.5, 0.6) is 0 Å². The van der Waals surface area contributed by atoms with Crippen LogP contribution in [0.4, 0.5) is 5.82 Å².